The van der Waals surface area contributed by atoms with Gasteiger partial charge >= 0.3 is 0 Å². The standard InChI is InChI=1S/3C15H10N.3C11H8N.3Ir/c3*1-2-7-13(8-3-1)15-14-9-5-4-6-12(14)10-11-16-15;3*1-2-6-10(7-3-1)11-8-4-5-9-12-11;;;/h3*1-7,9-11H;3*1-6,8-9H;;;/q6*-1;;;/i3*2D;2D,5D;5D;2D;;;. The SMILES string of the molecule is [2H]c1cc[c-]c(-c2ccccn2)c1.[2H]c1cc[c-]c(-c2nccc3ccccc23)c1.[2H]c1cc[c-]c(-c2nccc3ccccc23)c1.[2H]c1cc[c-]c(-c2nccc3ccccc23)c1.[2H]c1ccc(-c2[c-]ccc([2H])c2)nc1.[2H]c1ccc(-c2[c-]cccc2)nc1.[Ir].[Ir].[Ir]. The molecular formula is C78H54Ir3N6-6. The number of aromatic nitrogens is 6. The molecule has 0 N–H and O–H groups in total. The van der Waals surface area contributed by atoms with Gasteiger partial charge in [-0.2, -0.15) is 0 Å². The van der Waals surface area contributed by atoms with Gasteiger partial charge in [0, 0.05) is 104 Å². The van der Waals surface area contributed by atoms with Gasteiger partial charge in [-0.3, -0.25) is 0 Å². The van der Waals surface area contributed by atoms with E-state index in [1.165, 1.54) is 12.4 Å². The van der Waals surface area contributed by atoms with E-state index < -0.39 is 0 Å². The van der Waals surface area contributed by atoms with E-state index in [0.717, 1.165) is 99.9 Å². The van der Waals surface area contributed by atoms with Crippen LogP contribution >= 0.6 is 0 Å². The van der Waals surface area contributed by atoms with Crippen molar-refractivity contribution < 1.29 is 69.9 Å². The summed E-state index contributed by atoms with van der Waals surface area (Å²) in [5, 5.41) is 6.74. The quantitative estimate of drug-likeness (QED) is 0.154. The average Bonchev–Trinajstić information content (AvgIpc) is 0.890. The van der Waals surface area contributed by atoms with Crippen LogP contribution in [0.2, 0.25) is 0 Å². The van der Waals surface area contributed by atoms with Crippen LogP contribution in [0.1, 0.15) is 9.60 Å². The van der Waals surface area contributed by atoms with Gasteiger partial charge in [0.15, 0.2) is 0 Å². The Morgan fingerprint density at radius 1 is 0.218 bits per heavy atom. The minimum atomic E-state index is 0. The van der Waals surface area contributed by atoms with Crippen molar-refractivity contribution in [3.8, 4) is 67.5 Å². The first kappa shape index (κ1) is 55.5. The third kappa shape index (κ3) is 19.1. The molecule has 6 aromatic heterocycles. The maximum Gasteiger partial charge on any atom is 0.0638 e. The molecule has 87 heavy (non-hydrogen) atoms. The maximum absolute atomic E-state index is 7.65. The van der Waals surface area contributed by atoms with E-state index in [0.29, 0.717) is 42.3 Å². The molecule has 0 saturated heterocycles. The Morgan fingerprint density at radius 2 is 0.517 bits per heavy atom. The second-order valence-electron chi connectivity index (χ2n) is 17.9. The zero-order valence-corrected chi connectivity index (χ0v) is 53.5. The summed E-state index contributed by atoms with van der Waals surface area (Å²) in [6.45, 7) is 0. The molecule has 6 heterocycles. The monoisotopic (exact) mass is 1660 g/mol. The van der Waals surface area contributed by atoms with Gasteiger partial charge in [0.05, 0.1) is 2.74 Å². The summed E-state index contributed by atoms with van der Waals surface area (Å²) >= 11 is 0. The molecule has 9 aromatic carbocycles. The largest absolute Gasteiger partial charge is 0.305 e. The van der Waals surface area contributed by atoms with Crippen LogP contribution in [0, 0.1) is 36.4 Å². The van der Waals surface area contributed by atoms with E-state index in [1.807, 2.05) is 121 Å². The summed E-state index contributed by atoms with van der Waals surface area (Å²) < 4.78 is 52.4. The van der Waals surface area contributed by atoms with Crippen molar-refractivity contribution in [2.75, 3.05) is 0 Å². The van der Waals surface area contributed by atoms with Crippen molar-refractivity contribution in [2.24, 2.45) is 0 Å². The summed E-state index contributed by atoms with van der Waals surface area (Å²) in [6.07, 6.45) is 10.1. The predicted octanol–water partition coefficient (Wildman–Crippen LogP) is 18.7. The van der Waals surface area contributed by atoms with E-state index in [9.17, 15) is 0 Å². The average molecular weight is 1660 g/mol. The molecule has 0 amide bonds. The Kier molecular flexibility index (Phi) is 22.8. The molecule has 15 aromatic rings. The maximum atomic E-state index is 7.65. The Morgan fingerprint density at radius 3 is 0.839 bits per heavy atom. The number of hydrogen-bond acceptors (Lipinski definition) is 6. The zero-order chi connectivity index (χ0) is 63.2. The first-order valence-electron chi connectivity index (χ1n) is 30.2. The third-order valence-electron chi connectivity index (χ3n) is 12.4. The number of rotatable bonds is 6. The van der Waals surface area contributed by atoms with Crippen LogP contribution in [-0.4, -0.2) is 29.9 Å². The molecule has 15 rings (SSSR count). The fraction of sp³-hybridized carbons (Fsp3) is 0. The fourth-order valence-electron chi connectivity index (χ4n) is 8.51. The summed E-state index contributed by atoms with van der Waals surface area (Å²) in [7, 11) is 0. The van der Waals surface area contributed by atoms with Gasteiger partial charge in [0.2, 0.25) is 0 Å². The molecule has 0 atom stereocenters. The van der Waals surface area contributed by atoms with Crippen molar-refractivity contribution in [1.82, 2.24) is 29.9 Å². The summed E-state index contributed by atoms with van der Waals surface area (Å²) in [6, 6.07) is 98.4. The van der Waals surface area contributed by atoms with Crippen molar-refractivity contribution in [3.05, 3.63) is 365 Å². The predicted molar refractivity (Wildman–Crippen MR) is 344 cm³/mol. The second kappa shape index (κ2) is 35.8. The van der Waals surface area contributed by atoms with Gasteiger partial charge in [-0.25, -0.2) is 0 Å². The molecule has 429 valence electrons. The molecule has 6 nitrogen and oxygen atoms in total. The summed E-state index contributed by atoms with van der Waals surface area (Å²) in [5.41, 5.74) is 10.3. The van der Waals surface area contributed by atoms with Crippen molar-refractivity contribution >= 4 is 32.3 Å². The summed E-state index contributed by atoms with van der Waals surface area (Å²) in [5.74, 6) is 0. The smallest absolute Gasteiger partial charge is 0.0638 e. The molecule has 0 bridgehead atoms. The first-order valence-corrected chi connectivity index (χ1v) is 26.7. The Bertz CT molecular complexity index is 4530. The van der Waals surface area contributed by atoms with Crippen LogP contribution < -0.4 is 0 Å². The van der Waals surface area contributed by atoms with Gasteiger partial charge in [-0.1, -0.05) is 109 Å². The van der Waals surface area contributed by atoms with E-state index in [2.05, 4.69) is 84.5 Å². The van der Waals surface area contributed by atoms with Crippen LogP contribution in [0.15, 0.2) is 328 Å². The molecule has 0 aliphatic carbocycles. The van der Waals surface area contributed by atoms with Crippen LogP contribution in [0.3, 0.4) is 0 Å². The number of benzene rings is 9. The van der Waals surface area contributed by atoms with Crippen molar-refractivity contribution in [1.29, 1.82) is 0 Å². The number of hydrogen-bond donors (Lipinski definition) is 0. The van der Waals surface area contributed by atoms with Crippen LogP contribution in [0.25, 0.3) is 99.9 Å². The number of nitrogens with zero attached hydrogens (tertiary/aromatic N) is 6. The van der Waals surface area contributed by atoms with E-state index in [4.69, 9.17) is 9.60 Å². The van der Waals surface area contributed by atoms with Gasteiger partial charge < -0.3 is 29.9 Å². The third-order valence-corrected chi connectivity index (χ3v) is 12.4. The minimum absolute atomic E-state index is 0. The second-order valence-corrected chi connectivity index (χ2v) is 17.9. The Hall–Kier alpha value is -9.39. The van der Waals surface area contributed by atoms with E-state index in [1.54, 1.807) is 134 Å². The summed E-state index contributed by atoms with van der Waals surface area (Å²) in [4.78, 5) is 25.6. The normalized spacial score (nSPS) is 10.9. The van der Waals surface area contributed by atoms with Crippen LogP contribution in [0.4, 0.5) is 0 Å². The fourth-order valence-corrected chi connectivity index (χ4v) is 8.51. The number of fused-ring (bicyclic) bond motifs is 3. The van der Waals surface area contributed by atoms with Gasteiger partial charge in [-0.05, 0) is 103 Å². The molecule has 0 aliphatic rings. The van der Waals surface area contributed by atoms with Gasteiger partial charge in [0.1, 0.15) is 0 Å². The van der Waals surface area contributed by atoms with Crippen LogP contribution in [0.5, 0.6) is 0 Å². The topological polar surface area (TPSA) is 77.3 Å². The van der Waals surface area contributed by atoms with Crippen molar-refractivity contribution in [2.45, 2.75) is 0 Å². The molecular weight excluding hydrogens is 1600 g/mol. The number of pyridine rings is 6. The van der Waals surface area contributed by atoms with Crippen molar-refractivity contribution in [3.63, 3.8) is 0 Å². The Labute approximate surface area is 560 Å². The van der Waals surface area contributed by atoms with E-state index in [-0.39, 0.29) is 60.3 Å². The molecule has 0 fully saturated rings. The van der Waals surface area contributed by atoms with Gasteiger partial charge in [0.25, 0.3) is 0 Å². The first-order chi connectivity index (χ1) is 44.5. The molecule has 0 unspecified atom stereocenters. The Balaban J connectivity index is 0.000000159. The molecule has 0 saturated carbocycles. The zero-order valence-electron chi connectivity index (χ0n) is 53.3. The van der Waals surface area contributed by atoms with Crippen LogP contribution in [-0.2, 0) is 60.3 Å². The van der Waals surface area contributed by atoms with E-state index >= 15 is 0 Å². The molecule has 3 radical (unpaired) electrons. The minimum Gasteiger partial charge on any atom is -0.305 e. The van der Waals surface area contributed by atoms with Gasteiger partial charge in [-0.15, -0.1) is 215 Å². The molecule has 0 aliphatic heterocycles. The molecule has 0 spiro atoms. The molecule has 9 heteroatoms.